The first kappa shape index (κ1) is 17.0. The molecule has 1 heterocycles. The predicted molar refractivity (Wildman–Crippen MR) is 96.6 cm³/mol. The molecular formula is C19H24N2O2S. The molecule has 3 rings (SSSR count). The summed E-state index contributed by atoms with van der Waals surface area (Å²) in [4.78, 5) is 19.0. The summed E-state index contributed by atoms with van der Waals surface area (Å²) >= 11 is 1.62. The fourth-order valence-electron chi connectivity index (χ4n) is 3.19. The van der Waals surface area contributed by atoms with Crippen molar-refractivity contribution in [1.82, 2.24) is 9.88 Å². The summed E-state index contributed by atoms with van der Waals surface area (Å²) in [5.74, 6) is 0.792. The number of benzene rings is 1. The highest BCUT2D eigenvalue weighted by Gasteiger charge is 2.23. The molecule has 1 aliphatic rings. The van der Waals surface area contributed by atoms with Gasteiger partial charge in [0.15, 0.2) is 0 Å². The zero-order valence-electron chi connectivity index (χ0n) is 14.3. The Morgan fingerprint density at radius 3 is 2.83 bits per heavy atom. The van der Waals surface area contributed by atoms with Crippen molar-refractivity contribution in [2.24, 2.45) is 0 Å². The summed E-state index contributed by atoms with van der Waals surface area (Å²) < 4.78 is 5.79. The van der Waals surface area contributed by atoms with E-state index in [0.717, 1.165) is 23.5 Å². The smallest absolute Gasteiger partial charge is 0.253 e. The Kier molecular flexibility index (Phi) is 5.51. The maximum Gasteiger partial charge on any atom is 0.253 e. The van der Waals surface area contributed by atoms with E-state index in [0.29, 0.717) is 24.0 Å². The van der Waals surface area contributed by atoms with Crippen LogP contribution in [0.15, 0.2) is 29.6 Å². The van der Waals surface area contributed by atoms with Gasteiger partial charge in [0.05, 0.1) is 10.7 Å². The molecule has 0 bridgehead atoms. The summed E-state index contributed by atoms with van der Waals surface area (Å²) in [5, 5.41) is 3.04. The van der Waals surface area contributed by atoms with Crippen LogP contribution in [0.2, 0.25) is 0 Å². The van der Waals surface area contributed by atoms with Crippen molar-refractivity contribution in [3.05, 3.63) is 45.9 Å². The van der Waals surface area contributed by atoms with Crippen molar-refractivity contribution in [1.29, 1.82) is 0 Å². The first-order valence-corrected chi connectivity index (χ1v) is 9.42. The topological polar surface area (TPSA) is 42.4 Å². The molecule has 24 heavy (non-hydrogen) atoms. The van der Waals surface area contributed by atoms with Crippen LogP contribution >= 0.6 is 11.3 Å². The molecule has 128 valence electrons. The van der Waals surface area contributed by atoms with Gasteiger partial charge >= 0.3 is 0 Å². The minimum absolute atomic E-state index is 0.0804. The lowest BCUT2D eigenvalue weighted by molar-refractivity contribution is 0.0695. The van der Waals surface area contributed by atoms with E-state index in [-0.39, 0.29) is 5.91 Å². The van der Waals surface area contributed by atoms with Crippen molar-refractivity contribution < 1.29 is 9.53 Å². The van der Waals surface area contributed by atoms with E-state index in [9.17, 15) is 4.79 Å². The second-order valence-electron chi connectivity index (χ2n) is 6.38. The number of nitrogens with zero attached hydrogens (tertiary/aromatic N) is 2. The van der Waals surface area contributed by atoms with Gasteiger partial charge in [-0.2, -0.15) is 0 Å². The molecule has 0 radical (unpaired) electrons. The lowest BCUT2D eigenvalue weighted by Crippen LogP contribution is -2.38. The van der Waals surface area contributed by atoms with Gasteiger partial charge in [0.1, 0.15) is 12.4 Å². The van der Waals surface area contributed by atoms with E-state index in [2.05, 4.69) is 4.98 Å². The van der Waals surface area contributed by atoms with Crippen LogP contribution in [0, 0.1) is 6.92 Å². The Bertz CT molecular complexity index is 692. The molecule has 0 unspecified atom stereocenters. The van der Waals surface area contributed by atoms with Crippen LogP contribution in [0.1, 0.15) is 53.2 Å². The molecule has 0 spiro atoms. The minimum Gasteiger partial charge on any atom is -0.487 e. The molecule has 4 nitrogen and oxygen atoms in total. The van der Waals surface area contributed by atoms with Crippen molar-refractivity contribution in [2.45, 2.75) is 51.7 Å². The standard InChI is InChI=1S/C19H24N2O2S/c1-14-20-16(13-24-14)12-23-18-10-6-7-15(11-18)19(22)21(2)17-8-4-3-5-9-17/h6-7,10-11,13,17H,3-5,8-9,12H2,1-2H3. The third-order valence-corrected chi connectivity index (χ3v) is 5.40. The summed E-state index contributed by atoms with van der Waals surface area (Å²) in [6.07, 6.45) is 5.96. The van der Waals surface area contributed by atoms with Crippen LogP contribution in [0.3, 0.4) is 0 Å². The third kappa shape index (κ3) is 4.15. The average Bonchev–Trinajstić information content (AvgIpc) is 3.05. The van der Waals surface area contributed by atoms with E-state index in [1.807, 2.05) is 48.5 Å². The molecule has 1 fully saturated rings. The van der Waals surface area contributed by atoms with E-state index >= 15 is 0 Å². The second-order valence-corrected chi connectivity index (χ2v) is 7.44. The summed E-state index contributed by atoms with van der Waals surface area (Å²) in [7, 11) is 1.92. The lowest BCUT2D eigenvalue weighted by Gasteiger charge is -2.31. The summed E-state index contributed by atoms with van der Waals surface area (Å²) in [5.41, 5.74) is 1.61. The van der Waals surface area contributed by atoms with Crippen LogP contribution in [0.4, 0.5) is 0 Å². The Morgan fingerprint density at radius 2 is 2.12 bits per heavy atom. The minimum atomic E-state index is 0.0804. The normalized spacial score (nSPS) is 15.2. The fraction of sp³-hybridized carbons (Fsp3) is 0.474. The Balaban J connectivity index is 1.64. The van der Waals surface area contributed by atoms with E-state index in [1.54, 1.807) is 11.3 Å². The van der Waals surface area contributed by atoms with Gasteiger partial charge in [-0.15, -0.1) is 11.3 Å². The van der Waals surface area contributed by atoms with E-state index in [4.69, 9.17) is 4.74 Å². The largest absolute Gasteiger partial charge is 0.487 e. The monoisotopic (exact) mass is 344 g/mol. The molecular weight excluding hydrogens is 320 g/mol. The number of hydrogen-bond acceptors (Lipinski definition) is 4. The predicted octanol–water partition coefficient (Wildman–Crippen LogP) is 4.44. The highest BCUT2D eigenvalue weighted by Crippen LogP contribution is 2.24. The number of rotatable bonds is 5. The van der Waals surface area contributed by atoms with Crippen LogP contribution in [0.25, 0.3) is 0 Å². The molecule has 2 aromatic rings. The second kappa shape index (κ2) is 7.79. The fourth-order valence-corrected chi connectivity index (χ4v) is 3.79. The molecule has 0 aliphatic heterocycles. The van der Waals surface area contributed by atoms with Crippen molar-refractivity contribution in [2.75, 3.05) is 7.05 Å². The molecule has 1 aliphatic carbocycles. The quantitative estimate of drug-likeness (QED) is 0.805. The third-order valence-electron chi connectivity index (χ3n) is 4.58. The van der Waals surface area contributed by atoms with Gasteiger partial charge in [-0.25, -0.2) is 4.98 Å². The molecule has 5 heteroatoms. The van der Waals surface area contributed by atoms with Crippen LogP contribution in [0.5, 0.6) is 5.75 Å². The van der Waals surface area contributed by atoms with Crippen LogP contribution in [-0.2, 0) is 6.61 Å². The van der Waals surface area contributed by atoms with Crippen LogP contribution < -0.4 is 4.74 Å². The van der Waals surface area contributed by atoms with Crippen molar-refractivity contribution in [3.8, 4) is 5.75 Å². The first-order chi connectivity index (χ1) is 11.6. The van der Waals surface area contributed by atoms with Crippen molar-refractivity contribution in [3.63, 3.8) is 0 Å². The average molecular weight is 344 g/mol. The number of aromatic nitrogens is 1. The van der Waals surface area contributed by atoms with Gasteiger partial charge in [0.2, 0.25) is 0 Å². The van der Waals surface area contributed by atoms with Gasteiger partial charge in [0.25, 0.3) is 5.91 Å². The highest BCUT2D eigenvalue weighted by molar-refractivity contribution is 7.09. The number of hydrogen-bond donors (Lipinski definition) is 0. The number of aryl methyl sites for hydroxylation is 1. The van der Waals surface area contributed by atoms with Gasteiger partial charge in [0, 0.05) is 24.0 Å². The number of ether oxygens (including phenoxy) is 1. The zero-order valence-corrected chi connectivity index (χ0v) is 15.1. The van der Waals surface area contributed by atoms with Crippen molar-refractivity contribution >= 4 is 17.2 Å². The van der Waals surface area contributed by atoms with Gasteiger partial charge in [-0.1, -0.05) is 25.3 Å². The number of carbonyl (C=O) groups is 1. The number of amides is 1. The number of carbonyl (C=O) groups excluding carboxylic acids is 1. The van der Waals surface area contributed by atoms with Crippen LogP contribution in [-0.4, -0.2) is 28.9 Å². The molecule has 1 saturated carbocycles. The van der Waals surface area contributed by atoms with Gasteiger partial charge < -0.3 is 9.64 Å². The SMILES string of the molecule is Cc1nc(COc2cccc(C(=O)N(C)C3CCCCC3)c2)cs1. The molecule has 1 aromatic heterocycles. The summed E-state index contributed by atoms with van der Waals surface area (Å²) in [6.45, 7) is 2.41. The first-order valence-electron chi connectivity index (χ1n) is 8.54. The highest BCUT2D eigenvalue weighted by atomic mass is 32.1. The maximum atomic E-state index is 12.7. The molecule has 0 N–H and O–H groups in total. The molecule has 1 aromatic carbocycles. The molecule has 0 atom stereocenters. The van der Waals surface area contributed by atoms with Gasteiger partial charge in [-0.3, -0.25) is 4.79 Å². The Labute approximate surface area is 147 Å². The summed E-state index contributed by atoms with van der Waals surface area (Å²) in [6, 6.07) is 7.83. The molecule has 0 saturated heterocycles. The molecule has 1 amide bonds. The van der Waals surface area contributed by atoms with E-state index < -0.39 is 0 Å². The Morgan fingerprint density at radius 1 is 1.33 bits per heavy atom. The maximum absolute atomic E-state index is 12.7. The zero-order chi connectivity index (χ0) is 16.9. The van der Waals surface area contributed by atoms with E-state index in [1.165, 1.54) is 19.3 Å². The van der Waals surface area contributed by atoms with Gasteiger partial charge in [-0.05, 0) is 38.0 Å². The number of thiazole rings is 1. The lowest BCUT2D eigenvalue weighted by atomic mass is 9.94. The Hall–Kier alpha value is -1.88.